The van der Waals surface area contributed by atoms with Gasteiger partial charge in [-0.15, -0.1) is 0 Å². The molecule has 8 heteroatoms. The standard InChI is InChI=1S/C23H24N4O3S/c1-23(2)19-9-8-17(14-21(19)31(29,30)27(23)3)26-22(28)18-6-4-5-7-20(18)25-15-16-10-12-24-13-11-16/h4-14,25H,15H2,1-3H3,(H,26,28). The third-order valence-electron chi connectivity index (χ3n) is 5.73. The molecule has 1 amide bonds. The van der Waals surface area contributed by atoms with Crippen LogP contribution in [0, 0.1) is 0 Å². The number of rotatable bonds is 5. The van der Waals surface area contributed by atoms with E-state index in [9.17, 15) is 13.2 Å². The summed E-state index contributed by atoms with van der Waals surface area (Å²) in [5.74, 6) is -0.319. The molecule has 0 bridgehead atoms. The van der Waals surface area contributed by atoms with E-state index in [-0.39, 0.29) is 10.8 Å². The van der Waals surface area contributed by atoms with Crippen LogP contribution < -0.4 is 10.6 Å². The monoisotopic (exact) mass is 436 g/mol. The molecule has 0 aliphatic carbocycles. The zero-order valence-electron chi connectivity index (χ0n) is 17.6. The number of fused-ring (bicyclic) bond motifs is 1. The van der Waals surface area contributed by atoms with Crippen LogP contribution in [0.25, 0.3) is 0 Å². The van der Waals surface area contributed by atoms with Gasteiger partial charge in [-0.2, -0.15) is 4.31 Å². The van der Waals surface area contributed by atoms with Gasteiger partial charge in [0.25, 0.3) is 5.91 Å². The lowest BCUT2D eigenvalue weighted by Crippen LogP contribution is -2.35. The summed E-state index contributed by atoms with van der Waals surface area (Å²) in [6.45, 7) is 4.27. The van der Waals surface area contributed by atoms with Gasteiger partial charge in [-0.3, -0.25) is 9.78 Å². The predicted octanol–water partition coefficient (Wildman–Crippen LogP) is 3.82. The number of sulfonamides is 1. The predicted molar refractivity (Wildman–Crippen MR) is 120 cm³/mol. The van der Waals surface area contributed by atoms with Crippen molar-refractivity contribution in [3.63, 3.8) is 0 Å². The molecule has 1 aliphatic rings. The Balaban J connectivity index is 1.57. The van der Waals surface area contributed by atoms with Gasteiger partial charge >= 0.3 is 0 Å². The summed E-state index contributed by atoms with van der Waals surface area (Å²) in [6, 6.07) is 16.0. The van der Waals surface area contributed by atoms with Crippen LogP contribution in [0.5, 0.6) is 0 Å². The largest absolute Gasteiger partial charge is 0.380 e. The Morgan fingerprint density at radius 2 is 1.77 bits per heavy atom. The first-order chi connectivity index (χ1) is 14.7. The smallest absolute Gasteiger partial charge is 0.257 e. The Labute approximate surface area is 182 Å². The molecule has 2 aromatic carbocycles. The van der Waals surface area contributed by atoms with Gasteiger partial charge in [-0.1, -0.05) is 18.2 Å². The van der Waals surface area contributed by atoms with E-state index in [1.807, 2.05) is 38.1 Å². The Bertz CT molecular complexity index is 1240. The highest BCUT2D eigenvalue weighted by Gasteiger charge is 2.45. The summed E-state index contributed by atoms with van der Waals surface area (Å²) in [6.07, 6.45) is 3.44. The summed E-state index contributed by atoms with van der Waals surface area (Å²) in [4.78, 5) is 17.2. The van der Waals surface area contributed by atoms with E-state index in [1.54, 1.807) is 43.7 Å². The summed E-state index contributed by atoms with van der Waals surface area (Å²) >= 11 is 0. The molecule has 7 nitrogen and oxygen atoms in total. The minimum atomic E-state index is -3.60. The highest BCUT2D eigenvalue weighted by molar-refractivity contribution is 7.89. The minimum Gasteiger partial charge on any atom is -0.380 e. The van der Waals surface area contributed by atoms with Crippen molar-refractivity contribution in [2.75, 3.05) is 17.7 Å². The Hall–Kier alpha value is -3.23. The van der Waals surface area contributed by atoms with Crippen molar-refractivity contribution in [1.82, 2.24) is 9.29 Å². The Morgan fingerprint density at radius 3 is 2.52 bits per heavy atom. The number of amides is 1. The van der Waals surface area contributed by atoms with Crippen molar-refractivity contribution in [3.8, 4) is 0 Å². The molecule has 0 saturated carbocycles. The number of pyridine rings is 1. The van der Waals surface area contributed by atoms with Crippen molar-refractivity contribution in [1.29, 1.82) is 0 Å². The third kappa shape index (κ3) is 3.80. The summed E-state index contributed by atoms with van der Waals surface area (Å²) in [5.41, 5.74) is 2.71. The first kappa shape index (κ1) is 21.0. The molecule has 0 radical (unpaired) electrons. The van der Waals surface area contributed by atoms with Crippen LogP contribution >= 0.6 is 0 Å². The molecular weight excluding hydrogens is 412 g/mol. The topological polar surface area (TPSA) is 91.4 Å². The van der Waals surface area contributed by atoms with E-state index >= 15 is 0 Å². The summed E-state index contributed by atoms with van der Waals surface area (Å²) in [7, 11) is -2.03. The van der Waals surface area contributed by atoms with Gasteiger partial charge in [0.05, 0.1) is 16.0 Å². The molecule has 4 rings (SSSR count). The van der Waals surface area contributed by atoms with E-state index in [0.29, 0.717) is 29.0 Å². The number of aromatic nitrogens is 1. The van der Waals surface area contributed by atoms with Crippen LogP contribution in [0.3, 0.4) is 0 Å². The van der Waals surface area contributed by atoms with Crippen molar-refractivity contribution < 1.29 is 13.2 Å². The highest BCUT2D eigenvalue weighted by Crippen LogP contribution is 2.43. The van der Waals surface area contributed by atoms with Crippen LogP contribution in [0.15, 0.2) is 71.9 Å². The number of anilines is 2. The number of carbonyl (C=O) groups is 1. The molecule has 2 heterocycles. The normalized spacial score (nSPS) is 16.5. The van der Waals surface area contributed by atoms with Gasteiger partial charge in [-0.05, 0) is 61.4 Å². The van der Waals surface area contributed by atoms with Crippen molar-refractivity contribution in [2.24, 2.45) is 0 Å². The van der Waals surface area contributed by atoms with Crippen LogP contribution in [0.2, 0.25) is 0 Å². The first-order valence-corrected chi connectivity index (χ1v) is 11.3. The number of carbonyl (C=O) groups excluding carboxylic acids is 1. The van der Waals surface area contributed by atoms with Gasteiger partial charge in [0, 0.05) is 37.4 Å². The fraction of sp³-hybridized carbons (Fsp3) is 0.217. The maximum absolute atomic E-state index is 13.0. The summed E-state index contributed by atoms with van der Waals surface area (Å²) < 4.78 is 26.9. The molecule has 0 saturated heterocycles. The number of nitrogens with zero attached hydrogens (tertiary/aromatic N) is 2. The van der Waals surface area contributed by atoms with E-state index in [0.717, 1.165) is 5.56 Å². The molecule has 3 aromatic rings. The maximum Gasteiger partial charge on any atom is 0.257 e. The van der Waals surface area contributed by atoms with Gasteiger partial charge in [0.15, 0.2) is 0 Å². The van der Waals surface area contributed by atoms with Crippen LogP contribution in [0.1, 0.15) is 35.3 Å². The number of hydrogen-bond acceptors (Lipinski definition) is 5. The molecule has 1 aromatic heterocycles. The minimum absolute atomic E-state index is 0.224. The number of para-hydroxylation sites is 1. The van der Waals surface area contributed by atoms with Crippen molar-refractivity contribution in [2.45, 2.75) is 30.8 Å². The fourth-order valence-electron chi connectivity index (χ4n) is 3.67. The fourth-order valence-corrected chi connectivity index (χ4v) is 5.53. The van der Waals surface area contributed by atoms with E-state index in [2.05, 4.69) is 15.6 Å². The van der Waals surface area contributed by atoms with E-state index in [1.165, 1.54) is 10.4 Å². The second kappa shape index (κ2) is 7.79. The lowest BCUT2D eigenvalue weighted by Gasteiger charge is -2.26. The van der Waals surface area contributed by atoms with Crippen LogP contribution in [-0.4, -0.2) is 30.7 Å². The van der Waals surface area contributed by atoms with Crippen molar-refractivity contribution >= 4 is 27.3 Å². The maximum atomic E-state index is 13.0. The SMILES string of the molecule is CN1C(C)(C)c2ccc(NC(=O)c3ccccc3NCc3ccncc3)cc2S1(=O)=O. The van der Waals surface area contributed by atoms with Gasteiger partial charge in [0.2, 0.25) is 10.0 Å². The van der Waals surface area contributed by atoms with Crippen LogP contribution in [-0.2, 0) is 22.1 Å². The zero-order chi connectivity index (χ0) is 22.2. The average molecular weight is 437 g/mol. The lowest BCUT2D eigenvalue weighted by molar-refractivity contribution is 0.102. The van der Waals surface area contributed by atoms with E-state index in [4.69, 9.17) is 0 Å². The molecule has 0 atom stereocenters. The third-order valence-corrected chi connectivity index (χ3v) is 7.80. The molecule has 0 unspecified atom stereocenters. The molecule has 0 fully saturated rings. The van der Waals surface area contributed by atoms with Gasteiger partial charge in [0.1, 0.15) is 0 Å². The molecule has 1 aliphatic heterocycles. The quantitative estimate of drug-likeness (QED) is 0.635. The lowest BCUT2D eigenvalue weighted by atomic mass is 9.94. The Kier molecular flexibility index (Phi) is 5.28. The van der Waals surface area contributed by atoms with Crippen molar-refractivity contribution in [3.05, 3.63) is 83.7 Å². The second-order valence-electron chi connectivity index (χ2n) is 7.95. The zero-order valence-corrected chi connectivity index (χ0v) is 18.4. The Morgan fingerprint density at radius 1 is 1.06 bits per heavy atom. The molecule has 2 N–H and O–H groups in total. The van der Waals surface area contributed by atoms with Crippen LogP contribution in [0.4, 0.5) is 11.4 Å². The number of hydrogen-bond donors (Lipinski definition) is 2. The van der Waals surface area contributed by atoms with E-state index < -0.39 is 15.6 Å². The molecule has 160 valence electrons. The molecular formula is C23H24N4O3S. The highest BCUT2D eigenvalue weighted by atomic mass is 32.2. The second-order valence-corrected chi connectivity index (χ2v) is 9.89. The number of benzene rings is 2. The number of nitrogens with one attached hydrogen (secondary N) is 2. The van der Waals surface area contributed by atoms with Gasteiger partial charge in [-0.25, -0.2) is 8.42 Å². The first-order valence-electron chi connectivity index (χ1n) is 9.88. The average Bonchev–Trinajstić information content (AvgIpc) is 2.90. The van der Waals surface area contributed by atoms with Gasteiger partial charge < -0.3 is 10.6 Å². The molecule has 31 heavy (non-hydrogen) atoms. The molecule has 0 spiro atoms. The summed E-state index contributed by atoms with van der Waals surface area (Å²) in [5, 5.41) is 6.11.